The highest BCUT2D eigenvalue weighted by Crippen LogP contribution is 2.30. The fourth-order valence-electron chi connectivity index (χ4n) is 1.89. The number of benzene rings is 2. The van der Waals surface area contributed by atoms with Crippen LogP contribution in [0.15, 0.2) is 45.3 Å². The van der Waals surface area contributed by atoms with Crippen LogP contribution in [0.3, 0.4) is 0 Å². The Balaban J connectivity index is 2.41. The molecule has 2 aromatic rings. The summed E-state index contributed by atoms with van der Waals surface area (Å²) in [5, 5.41) is 0. The minimum absolute atomic E-state index is 0.105. The molecule has 0 radical (unpaired) electrons. The molecule has 3 heteroatoms. The molecule has 2 aromatic carbocycles. The first-order valence-electron chi connectivity index (χ1n) is 5.76. The molecule has 0 spiro atoms. The van der Waals surface area contributed by atoms with Crippen LogP contribution in [0.4, 0.5) is 0 Å². The van der Waals surface area contributed by atoms with Crippen LogP contribution in [0.25, 0.3) is 0 Å². The summed E-state index contributed by atoms with van der Waals surface area (Å²) in [6, 6.07) is 12.4. The van der Waals surface area contributed by atoms with Gasteiger partial charge in [-0.2, -0.15) is 0 Å². The standard InChI is InChI=1S/C15H15Br2N/c1-9-3-4-11(7-10(9)2)15(18)13-6-5-12(16)8-14(13)17/h3-8,15H,18H2,1-2H3. The normalized spacial score (nSPS) is 12.5. The van der Waals surface area contributed by atoms with E-state index in [0.29, 0.717) is 0 Å². The Bertz CT molecular complexity index is 579. The van der Waals surface area contributed by atoms with E-state index in [2.05, 4.69) is 63.9 Å². The summed E-state index contributed by atoms with van der Waals surface area (Å²) in [7, 11) is 0. The monoisotopic (exact) mass is 367 g/mol. The fraction of sp³-hybridized carbons (Fsp3) is 0.200. The predicted molar refractivity (Wildman–Crippen MR) is 83.8 cm³/mol. The lowest BCUT2D eigenvalue weighted by Gasteiger charge is -2.16. The fourth-order valence-corrected chi connectivity index (χ4v) is 3.19. The highest BCUT2D eigenvalue weighted by atomic mass is 79.9. The van der Waals surface area contributed by atoms with Crippen LogP contribution in [0, 0.1) is 13.8 Å². The average Bonchev–Trinajstić information content (AvgIpc) is 2.32. The maximum absolute atomic E-state index is 6.34. The molecule has 1 atom stereocenters. The Hall–Kier alpha value is -0.640. The highest BCUT2D eigenvalue weighted by Gasteiger charge is 2.12. The Kier molecular flexibility index (Phi) is 4.25. The Morgan fingerprint density at radius 1 is 0.944 bits per heavy atom. The number of hydrogen-bond acceptors (Lipinski definition) is 1. The second-order valence-corrected chi connectivity index (χ2v) is 6.26. The van der Waals surface area contributed by atoms with Crippen LogP contribution >= 0.6 is 31.9 Å². The summed E-state index contributed by atoms with van der Waals surface area (Å²) >= 11 is 7.02. The lowest BCUT2D eigenvalue weighted by Crippen LogP contribution is -2.12. The highest BCUT2D eigenvalue weighted by molar-refractivity contribution is 9.11. The van der Waals surface area contributed by atoms with Crippen LogP contribution in [0.2, 0.25) is 0 Å². The third kappa shape index (κ3) is 2.85. The molecule has 0 fully saturated rings. The van der Waals surface area contributed by atoms with E-state index in [1.807, 2.05) is 18.2 Å². The van der Waals surface area contributed by atoms with Crippen LogP contribution < -0.4 is 5.73 Å². The van der Waals surface area contributed by atoms with Crippen molar-refractivity contribution in [2.45, 2.75) is 19.9 Å². The lowest BCUT2D eigenvalue weighted by atomic mass is 9.96. The zero-order chi connectivity index (χ0) is 13.3. The first-order chi connectivity index (χ1) is 8.49. The van der Waals surface area contributed by atoms with Crippen LogP contribution in [0.1, 0.15) is 28.3 Å². The van der Waals surface area contributed by atoms with Crippen molar-refractivity contribution < 1.29 is 0 Å². The van der Waals surface area contributed by atoms with E-state index in [9.17, 15) is 0 Å². The third-order valence-electron chi connectivity index (χ3n) is 3.19. The smallest absolute Gasteiger partial charge is 0.0562 e. The number of halogens is 2. The van der Waals surface area contributed by atoms with Crippen molar-refractivity contribution in [3.63, 3.8) is 0 Å². The van der Waals surface area contributed by atoms with Gasteiger partial charge in [0, 0.05) is 8.95 Å². The molecule has 0 saturated heterocycles. The molecule has 2 rings (SSSR count). The summed E-state index contributed by atoms with van der Waals surface area (Å²) in [4.78, 5) is 0. The molecule has 0 amide bonds. The first-order valence-corrected chi connectivity index (χ1v) is 7.35. The molecule has 1 nitrogen and oxygen atoms in total. The number of rotatable bonds is 2. The summed E-state index contributed by atoms with van der Waals surface area (Å²) in [5.41, 5.74) is 11.1. The predicted octanol–water partition coefficient (Wildman–Crippen LogP) is 4.88. The Labute approximate surface area is 125 Å². The van der Waals surface area contributed by atoms with Crippen molar-refractivity contribution in [3.8, 4) is 0 Å². The number of hydrogen-bond donors (Lipinski definition) is 1. The van der Waals surface area contributed by atoms with Crippen molar-refractivity contribution in [2.24, 2.45) is 5.73 Å². The van der Waals surface area contributed by atoms with E-state index in [0.717, 1.165) is 20.1 Å². The molecule has 0 bridgehead atoms. The SMILES string of the molecule is Cc1ccc(C(N)c2ccc(Br)cc2Br)cc1C. The number of aryl methyl sites for hydroxylation is 2. The van der Waals surface area contributed by atoms with Gasteiger partial charge in [-0.15, -0.1) is 0 Å². The van der Waals surface area contributed by atoms with Crippen molar-refractivity contribution >= 4 is 31.9 Å². The van der Waals surface area contributed by atoms with E-state index in [1.165, 1.54) is 11.1 Å². The molecular weight excluding hydrogens is 354 g/mol. The molecule has 0 aromatic heterocycles. The summed E-state index contributed by atoms with van der Waals surface area (Å²) in [6.07, 6.45) is 0. The average molecular weight is 369 g/mol. The molecule has 0 saturated carbocycles. The second kappa shape index (κ2) is 5.55. The molecule has 1 unspecified atom stereocenters. The van der Waals surface area contributed by atoms with Crippen molar-refractivity contribution in [3.05, 3.63) is 67.6 Å². The van der Waals surface area contributed by atoms with E-state index < -0.39 is 0 Å². The third-order valence-corrected chi connectivity index (χ3v) is 4.37. The summed E-state index contributed by atoms with van der Waals surface area (Å²) < 4.78 is 2.08. The van der Waals surface area contributed by atoms with Crippen molar-refractivity contribution in [2.75, 3.05) is 0 Å². The molecule has 0 aliphatic carbocycles. The topological polar surface area (TPSA) is 26.0 Å². The second-order valence-electron chi connectivity index (χ2n) is 4.49. The van der Waals surface area contributed by atoms with E-state index in [1.54, 1.807) is 0 Å². The molecule has 0 aliphatic heterocycles. The maximum atomic E-state index is 6.34. The van der Waals surface area contributed by atoms with Gasteiger partial charge in [0.05, 0.1) is 6.04 Å². The zero-order valence-corrected chi connectivity index (χ0v) is 13.5. The quantitative estimate of drug-likeness (QED) is 0.803. The van der Waals surface area contributed by atoms with E-state index in [-0.39, 0.29) is 6.04 Å². The van der Waals surface area contributed by atoms with Gasteiger partial charge in [0.2, 0.25) is 0 Å². The van der Waals surface area contributed by atoms with Gasteiger partial charge in [-0.25, -0.2) is 0 Å². The van der Waals surface area contributed by atoms with Crippen LogP contribution in [0.5, 0.6) is 0 Å². The van der Waals surface area contributed by atoms with E-state index >= 15 is 0 Å². The van der Waals surface area contributed by atoms with Gasteiger partial charge in [-0.3, -0.25) is 0 Å². The van der Waals surface area contributed by atoms with Crippen molar-refractivity contribution in [1.82, 2.24) is 0 Å². The molecule has 0 aliphatic rings. The summed E-state index contributed by atoms with van der Waals surface area (Å²) in [6.45, 7) is 4.22. The van der Waals surface area contributed by atoms with Gasteiger partial charge in [0.1, 0.15) is 0 Å². The van der Waals surface area contributed by atoms with Gasteiger partial charge in [-0.05, 0) is 48.2 Å². The Morgan fingerprint density at radius 3 is 2.28 bits per heavy atom. The van der Waals surface area contributed by atoms with Gasteiger partial charge < -0.3 is 5.73 Å². The minimum atomic E-state index is -0.105. The maximum Gasteiger partial charge on any atom is 0.0562 e. The summed E-state index contributed by atoms with van der Waals surface area (Å²) in [5.74, 6) is 0. The molecule has 0 heterocycles. The molecule has 2 N–H and O–H groups in total. The van der Waals surface area contributed by atoms with Gasteiger partial charge in [0.25, 0.3) is 0 Å². The van der Waals surface area contributed by atoms with Gasteiger partial charge >= 0.3 is 0 Å². The van der Waals surface area contributed by atoms with Crippen molar-refractivity contribution in [1.29, 1.82) is 0 Å². The number of nitrogens with two attached hydrogens (primary N) is 1. The first kappa shape index (κ1) is 13.8. The Morgan fingerprint density at radius 2 is 1.67 bits per heavy atom. The van der Waals surface area contributed by atoms with Gasteiger partial charge in [-0.1, -0.05) is 56.1 Å². The van der Waals surface area contributed by atoms with E-state index in [4.69, 9.17) is 5.73 Å². The largest absolute Gasteiger partial charge is 0.320 e. The zero-order valence-electron chi connectivity index (χ0n) is 10.4. The lowest BCUT2D eigenvalue weighted by molar-refractivity contribution is 0.863. The minimum Gasteiger partial charge on any atom is -0.320 e. The van der Waals surface area contributed by atoms with Crippen LogP contribution in [-0.4, -0.2) is 0 Å². The van der Waals surface area contributed by atoms with Gasteiger partial charge in [0.15, 0.2) is 0 Å². The molecular formula is C15H15Br2N. The van der Waals surface area contributed by atoms with Crippen LogP contribution in [-0.2, 0) is 0 Å². The molecule has 94 valence electrons. The molecule has 18 heavy (non-hydrogen) atoms.